The molecule has 52 heavy (non-hydrogen) atoms. The summed E-state index contributed by atoms with van der Waals surface area (Å²) in [6, 6.07) is 21.7. The van der Waals surface area contributed by atoms with E-state index in [-0.39, 0.29) is 34.0 Å². The highest BCUT2D eigenvalue weighted by Crippen LogP contribution is 2.21. The van der Waals surface area contributed by atoms with E-state index in [1.807, 2.05) is 0 Å². The smallest absolute Gasteiger partial charge is 0.188 e. The Morgan fingerprint density at radius 2 is 0.788 bits per heavy atom. The number of hydrogen-bond donors (Lipinski definition) is 0. The van der Waals surface area contributed by atoms with E-state index < -0.39 is 0 Å². The second-order valence-corrected chi connectivity index (χ2v) is 13.8. The van der Waals surface area contributed by atoms with Gasteiger partial charge in [-0.1, -0.05) is 97.5 Å². The van der Waals surface area contributed by atoms with Crippen molar-refractivity contribution in [2.75, 3.05) is 36.0 Å². The van der Waals surface area contributed by atoms with Gasteiger partial charge in [-0.15, -0.1) is 0 Å². The van der Waals surface area contributed by atoms with Crippen LogP contribution in [-0.2, 0) is 13.1 Å². The minimum absolute atomic E-state index is 0. The van der Waals surface area contributed by atoms with E-state index in [1.165, 1.54) is 73.9 Å². The zero-order valence-corrected chi connectivity index (χ0v) is 36.3. The SMILES string of the molecule is CCN(CC)c1ccc(/C=C/c2cc[n+](CCCCCCCCCC[n+]3ccc(/C=C/c4ccc(N(CC)CC)cc4)c(Cl)c3)cc2Cl)cc1.[Br-].[Br-]. The van der Waals surface area contributed by atoms with Gasteiger partial charge in [0.2, 0.25) is 0 Å². The number of unbranched alkanes of at least 4 members (excludes halogenated alkanes) is 7. The van der Waals surface area contributed by atoms with E-state index in [2.05, 4.69) is 156 Å². The van der Waals surface area contributed by atoms with Gasteiger partial charge < -0.3 is 43.8 Å². The Balaban J connectivity index is 0.00000468. The lowest BCUT2D eigenvalue weighted by Gasteiger charge is -2.20. The average Bonchev–Trinajstić information content (AvgIpc) is 3.13. The van der Waals surface area contributed by atoms with E-state index in [4.69, 9.17) is 23.2 Å². The fourth-order valence-corrected chi connectivity index (χ4v) is 6.88. The van der Waals surface area contributed by atoms with Crippen molar-refractivity contribution < 1.29 is 43.1 Å². The van der Waals surface area contributed by atoms with Gasteiger partial charge in [0.25, 0.3) is 0 Å². The lowest BCUT2D eigenvalue weighted by Crippen LogP contribution is -3.00. The van der Waals surface area contributed by atoms with Crippen LogP contribution in [0.25, 0.3) is 24.3 Å². The lowest BCUT2D eigenvalue weighted by atomic mass is 10.1. The van der Waals surface area contributed by atoms with Crippen LogP contribution in [0, 0.1) is 0 Å². The van der Waals surface area contributed by atoms with Crippen LogP contribution in [0.3, 0.4) is 0 Å². The summed E-state index contributed by atoms with van der Waals surface area (Å²) in [4.78, 5) is 4.71. The molecule has 0 saturated carbocycles. The highest BCUT2D eigenvalue weighted by molar-refractivity contribution is 6.32. The molecule has 0 aliphatic heterocycles. The van der Waals surface area contributed by atoms with Gasteiger partial charge in [-0.2, -0.15) is 0 Å². The van der Waals surface area contributed by atoms with Gasteiger partial charge in [-0.3, -0.25) is 0 Å². The second-order valence-electron chi connectivity index (χ2n) is 13.0. The first-order valence-corrected chi connectivity index (χ1v) is 19.6. The summed E-state index contributed by atoms with van der Waals surface area (Å²) in [5, 5.41) is 1.59. The molecule has 2 aromatic heterocycles. The Hall–Kier alpha value is -2.64. The first-order chi connectivity index (χ1) is 24.4. The zero-order valence-electron chi connectivity index (χ0n) is 31.6. The molecule has 0 saturated heterocycles. The summed E-state index contributed by atoms with van der Waals surface area (Å²) < 4.78 is 4.44. The van der Waals surface area contributed by atoms with Crippen molar-refractivity contribution in [3.05, 3.63) is 118 Å². The molecule has 0 aliphatic rings. The Bertz CT molecular complexity index is 1510. The fourth-order valence-electron chi connectivity index (χ4n) is 6.38. The van der Waals surface area contributed by atoms with Crippen LogP contribution in [0.5, 0.6) is 0 Å². The number of anilines is 2. The molecule has 4 nitrogen and oxygen atoms in total. The minimum atomic E-state index is 0. The molecule has 2 aromatic carbocycles. The predicted octanol–water partition coefficient (Wildman–Crippen LogP) is 5.43. The summed E-state index contributed by atoms with van der Waals surface area (Å²) in [5.41, 5.74) is 6.99. The number of pyridine rings is 2. The summed E-state index contributed by atoms with van der Waals surface area (Å²) in [6.07, 6.45) is 27.0. The van der Waals surface area contributed by atoms with Crippen LogP contribution >= 0.6 is 23.2 Å². The number of hydrogen-bond acceptors (Lipinski definition) is 2. The van der Waals surface area contributed by atoms with Crippen LogP contribution in [0.15, 0.2) is 85.5 Å². The van der Waals surface area contributed by atoms with Crippen molar-refractivity contribution in [2.24, 2.45) is 0 Å². The molecule has 8 heteroatoms. The second kappa shape index (κ2) is 25.4. The van der Waals surface area contributed by atoms with E-state index in [0.29, 0.717) is 0 Å². The highest BCUT2D eigenvalue weighted by Gasteiger charge is 2.08. The van der Waals surface area contributed by atoms with E-state index in [9.17, 15) is 0 Å². The number of nitrogens with zero attached hydrogens (tertiary/aromatic N) is 4. The van der Waals surface area contributed by atoms with Gasteiger partial charge in [-0.25, -0.2) is 9.13 Å². The number of benzene rings is 2. The van der Waals surface area contributed by atoms with Crippen molar-refractivity contribution in [3.8, 4) is 0 Å². The molecule has 0 radical (unpaired) electrons. The third-order valence-electron chi connectivity index (χ3n) is 9.54. The quantitative estimate of drug-likeness (QED) is 0.0821. The molecule has 2 heterocycles. The van der Waals surface area contributed by atoms with Gasteiger partial charge in [0.15, 0.2) is 24.8 Å². The molecular weight excluding hydrogens is 815 g/mol. The van der Waals surface area contributed by atoms with Gasteiger partial charge >= 0.3 is 0 Å². The Kier molecular flexibility index (Phi) is 22.2. The van der Waals surface area contributed by atoms with Gasteiger partial charge in [0.1, 0.15) is 23.1 Å². The summed E-state index contributed by atoms with van der Waals surface area (Å²) in [6.45, 7) is 14.9. The molecule has 0 aliphatic carbocycles. The summed E-state index contributed by atoms with van der Waals surface area (Å²) in [7, 11) is 0. The average molecular weight is 874 g/mol. The largest absolute Gasteiger partial charge is 1.00 e. The maximum atomic E-state index is 6.64. The Morgan fingerprint density at radius 3 is 1.10 bits per heavy atom. The predicted molar refractivity (Wildman–Crippen MR) is 218 cm³/mol. The number of aromatic nitrogens is 2. The molecule has 0 spiro atoms. The molecule has 4 rings (SSSR count). The molecule has 0 amide bonds. The van der Waals surface area contributed by atoms with Crippen LogP contribution < -0.4 is 52.9 Å². The van der Waals surface area contributed by atoms with Crippen molar-refractivity contribution in [1.82, 2.24) is 0 Å². The highest BCUT2D eigenvalue weighted by atomic mass is 79.9. The monoisotopic (exact) mass is 870 g/mol. The minimum Gasteiger partial charge on any atom is -1.00 e. The Morgan fingerprint density at radius 1 is 0.462 bits per heavy atom. The maximum Gasteiger partial charge on any atom is 0.188 e. The van der Waals surface area contributed by atoms with Crippen molar-refractivity contribution in [3.63, 3.8) is 0 Å². The third kappa shape index (κ3) is 15.0. The van der Waals surface area contributed by atoms with Crippen LogP contribution in [0.1, 0.15) is 101 Å². The van der Waals surface area contributed by atoms with E-state index in [0.717, 1.165) is 60.4 Å². The molecule has 0 N–H and O–H groups in total. The number of halogens is 4. The summed E-state index contributed by atoms with van der Waals surface area (Å²) >= 11 is 13.3. The first kappa shape index (κ1) is 45.5. The van der Waals surface area contributed by atoms with Crippen molar-refractivity contribution >= 4 is 58.9 Å². The van der Waals surface area contributed by atoms with Crippen LogP contribution in [0.2, 0.25) is 10.0 Å². The van der Waals surface area contributed by atoms with Gasteiger partial charge in [0.05, 0.1) is 0 Å². The molecule has 0 fully saturated rings. The lowest BCUT2D eigenvalue weighted by molar-refractivity contribution is -0.697. The van der Waals surface area contributed by atoms with E-state index in [1.54, 1.807) is 0 Å². The number of rotatable bonds is 21. The fraction of sp³-hybridized carbons (Fsp3) is 0.409. The molecule has 4 aromatic rings. The Labute approximate surface area is 345 Å². The molecule has 0 atom stereocenters. The summed E-state index contributed by atoms with van der Waals surface area (Å²) in [5.74, 6) is 0. The third-order valence-corrected chi connectivity index (χ3v) is 10.2. The van der Waals surface area contributed by atoms with Crippen molar-refractivity contribution in [2.45, 2.75) is 92.2 Å². The zero-order chi connectivity index (χ0) is 35.6. The van der Waals surface area contributed by atoms with Gasteiger partial charge in [0, 0.05) is 73.7 Å². The van der Waals surface area contributed by atoms with Crippen LogP contribution in [-0.4, -0.2) is 26.2 Å². The molecule has 282 valence electrons. The topological polar surface area (TPSA) is 14.2 Å². The van der Waals surface area contributed by atoms with E-state index >= 15 is 0 Å². The molecule has 0 unspecified atom stereocenters. The number of aryl methyl sites for hydroxylation is 2. The van der Waals surface area contributed by atoms with Crippen molar-refractivity contribution in [1.29, 1.82) is 0 Å². The standard InChI is InChI=1S/C44H58Cl2N4.2BrH/c1-5-49(6-2)41-25-19-37(20-26-41)17-23-39-29-33-47(35-43(39)45)31-15-13-11-9-10-12-14-16-32-48-34-30-40(44(46)36-48)24-18-38-21-27-42(28-22-38)50(7-3)8-4;;/h17-30,33-36H,5-16,31-32H2,1-4H3;2*1H/q+2;;/p-2. The van der Waals surface area contributed by atoms with Gasteiger partial charge in [-0.05, 0) is 75.9 Å². The normalized spacial score (nSPS) is 11.1. The molecule has 0 bridgehead atoms. The van der Waals surface area contributed by atoms with Crippen LogP contribution in [0.4, 0.5) is 11.4 Å². The first-order valence-electron chi connectivity index (χ1n) is 18.9. The molecular formula is C44H58Br2Cl2N4. The maximum absolute atomic E-state index is 6.64.